The summed E-state index contributed by atoms with van der Waals surface area (Å²) in [5, 5.41) is 11.0. The molecule has 3 saturated heterocycles. The van der Waals surface area contributed by atoms with Crippen molar-refractivity contribution in [3.63, 3.8) is 0 Å². The number of sulfone groups is 1. The second kappa shape index (κ2) is 15.6. The molecule has 46 heavy (non-hydrogen) atoms. The van der Waals surface area contributed by atoms with Crippen molar-refractivity contribution in [3.05, 3.63) is 0 Å². The Kier molecular flexibility index (Phi) is 13.3. The van der Waals surface area contributed by atoms with Crippen LogP contribution in [0.3, 0.4) is 0 Å². The number of hydrogen-bond donors (Lipinski definition) is 1. The Bertz CT molecular complexity index is 1140. The zero-order chi connectivity index (χ0) is 34.8. The van der Waals surface area contributed by atoms with E-state index in [2.05, 4.69) is 16.7 Å². The lowest BCUT2D eigenvalue weighted by atomic mass is 9.74. The van der Waals surface area contributed by atoms with E-state index in [1.165, 1.54) is 6.26 Å². The van der Waals surface area contributed by atoms with Gasteiger partial charge in [0, 0.05) is 38.4 Å². The number of cyclic esters (lactones) is 1. The van der Waals surface area contributed by atoms with Gasteiger partial charge in [0.25, 0.3) is 0 Å². The number of nitrogens with zero attached hydrogens (tertiary/aromatic N) is 3. The van der Waals surface area contributed by atoms with Gasteiger partial charge in [-0.05, 0) is 93.5 Å². The van der Waals surface area contributed by atoms with Crippen LogP contribution >= 0.6 is 0 Å². The third-order valence-corrected chi connectivity index (χ3v) is 12.3. The number of likely N-dealkylation sites (N-methyl/N-ethyl adjacent to an activating group) is 2. The molecule has 9 atom stereocenters. The largest absolute Gasteiger partial charge is 0.463 e. The van der Waals surface area contributed by atoms with Gasteiger partial charge in [-0.25, -0.2) is 8.42 Å². The first-order valence-electron chi connectivity index (χ1n) is 16.7. The van der Waals surface area contributed by atoms with Gasteiger partial charge in [-0.15, -0.1) is 0 Å². The molecule has 3 fully saturated rings. The molecule has 0 unspecified atom stereocenters. The van der Waals surface area contributed by atoms with Crippen LogP contribution in [-0.2, 0) is 38.4 Å². The van der Waals surface area contributed by atoms with Crippen LogP contribution in [0, 0.1) is 17.3 Å². The molecule has 0 aromatic carbocycles. The molecule has 268 valence electrons. The fraction of sp³-hybridized carbons (Fsp3) is 0.939. The van der Waals surface area contributed by atoms with E-state index in [1.807, 2.05) is 39.9 Å². The lowest BCUT2D eigenvalue weighted by Gasteiger charge is -2.47. The maximum absolute atomic E-state index is 14.2. The molecule has 0 radical (unpaired) electrons. The Morgan fingerprint density at radius 1 is 1.09 bits per heavy atom. The second-order valence-electron chi connectivity index (χ2n) is 15.3. The molecule has 3 aliphatic rings. The van der Waals surface area contributed by atoms with Crippen molar-refractivity contribution in [1.82, 2.24) is 14.7 Å². The molecule has 3 rings (SSSR count). The fourth-order valence-corrected chi connectivity index (χ4v) is 8.67. The van der Waals surface area contributed by atoms with Crippen LogP contribution in [0.1, 0.15) is 67.2 Å². The van der Waals surface area contributed by atoms with Crippen LogP contribution in [-0.4, -0.2) is 155 Å². The van der Waals surface area contributed by atoms with Crippen molar-refractivity contribution in [2.45, 2.75) is 115 Å². The number of methoxy groups -OCH3 is 1. The number of ether oxygens (including phenoxy) is 4. The van der Waals surface area contributed by atoms with Crippen molar-refractivity contribution in [2.75, 3.05) is 67.3 Å². The van der Waals surface area contributed by atoms with E-state index in [4.69, 9.17) is 18.9 Å². The smallest absolute Gasteiger partial charge is 0.319 e. The molecule has 13 heteroatoms. The number of esters is 1. The van der Waals surface area contributed by atoms with Gasteiger partial charge in [0.05, 0.1) is 29.1 Å². The molecule has 0 amide bonds. The number of Topliss-reactive ketones (excluding diaryl/α,β-unsaturated/α-hetero) is 1. The van der Waals surface area contributed by atoms with E-state index < -0.39 is 51.2 Å². The molecule has 3 aliphatic heterocycles. The summed E-state index contributed by atoms with van der Waals surface area (Å²) in [6.45, 7) is 13.6. The molecular weight excluding hydrogens is 614 g/mol. The lowest BCUT2D eigenvalue weighted by molar-refractivity contribution is -0.295. The molecular formula is C33H61N3O9S. The third-order valence-electron chi connectivity index (χ3n) is 10.6. The maximum atomic E-state index is 14.2. The lowest BCUT2D eigenvalue weighted by Crippen LogP contribution is -2.59. The van der Waals surface area contributed by atoms with Crippen LogP contribution in [0.15, 0.2) is 0 Å². The van der Waals surface area contributed by atoms with Gasteiger partial charge in [0.15, 0.2) is 12.1 Å². The highest BCUT2D eigenvalue weighted by Crippen LogP contribution is 2.38. The standard InChI is InChI=1S/C33H61N3O9S/c1-21-17-33(6,42-10)29(45-30-27(37)26(34(7)8)16-22(2)44-30)23(3)28(38)32(4,5)31(39)43-20-24(35(9)18-21)19-36-14-12-25(13-15-36)46(11,40)41/h21-27,29-30,37H,12-20H2,1-11H3/t21-,22-,23+,24-,26+,27-,29-,30+,33-/m1/s1. The van der Waals surface area contributed by atoms with Crippen LogP contribution in [0.5, 0.6) is 0 Å². The van der Waals surface area contributed by atoms with Crippen LogP contribution in [0.25, 0.3) is 0 Å². The second-order valence-corrected chi connectivity index (χ2v) is 17.6. The van der Waals surface area contributed by atoms with Crippen LogP contribution in [0.4, 0.5) is 0 Å². The first kappa shape index (κ1) is 39.3. The molecule has 0 aromatic rings. The molecule has 0 aliphatic carbocycles. The monoisotopic (exact) mass is 675 g/mol. The van der Waals surface area contributed by atoms with Crippen molar-refractivity contribution in [3.8, 4) is 0 Å². The molecule has 1 N–H and O–H groups in total. The first-order valence-corrected chi connectivity index (χ1v) is 18.7. The van der Waals surface area contributed by atoms with Gasteiger partial charge >= 0.3 is 5.97 Å². The number of rotatable bonds is 7. The van der Waals surface area contributed by atoms with Gasteiger partial charge in [0.1, 0.15) is 28.0 Å². The van der Waals surface area contributed by atoms with E-state index in [0.29, 0.717) is 51.9 Å². The summed E-state index contributed by atoms with van der Waals surface area (Å²) >= 11 is 0. The predicted molar refractivity (Wildman–Crippen MR) is 176 cm³/mol. The molecule has 0 aromatic heterocycles. The topological polar surface area (TPSA) is 135 Å². The maximum Gasteiger partial charge on any atom is 0.319 e. The highest BCUT2D eigenvalue weighted by molar-refractivity contribution is 7.91. The number of piperidine rings is 1. The first-order chi connectivity index (χ1) is 21.2. The van der Waals surface area contributed by atoms with Crippen molar-refractivity contribution in [1.29, 1.82) is 0 Å². The summed E-state index contributed by atoms with van der Waals surface area (Å²) in [5.74, 6) is -1.67. The number of carbonyl (C=O) groups is 2. The van der Waals surface area contributed by atoms with Gasteiger partial charge in [0.2, 0.25) is 0 Å². The Balaban J connectivity index is 1.91. The Hall–Kier alpha value is -1.19. The predicted octanol–water partition coefficient (Wildman–Crippen LogP) is 1.83. The molecule has 3 heterocycles. The van der Waals surface area contributed by atoms with E-state index in [1.54, 1.807) is 27.9 Å². The average Bonchev–Trinajstić information content (AvgIpc) is 2.97. The van der Waals surface area contributed by atoms with Gasteiger partial charge in [-0.2, -0.15) is 0 Å². The number of aliphatic hydroxyl groups excluding tert-OH is 1. The minimum absolute atomic E-state index is 0.0805. The number of ketones is 1. The SMILES string of the molecule is CO[C@]1(C)C[C@@H](C)CN(C)[C@H](CN2CCC(S(C)(=O)=O)CC2)COC(=O)C(C)(C)C(=O)[C@H](C)[C@H]1O[C@@H]1O[C@H](C)C[C@H](N(C)C)[C@H]1O. The summed E-state index contributed by atoms with van der Waals surface area (Å²) in [6, 6.07) is -0.363. The summed E-state index contributed by atoms with van der Waals surface area (Å²) < 4.78 is 49.0. The Morgan fingerprint density at radius 3 is 2.24 bits per heavy atom. The number of carbonyl (C=O) groups excluding carboxylic acids is 2. The summed E-state index contributed by atoms with van der Waals surface area (Å²) in [6.07, 6.45) is 0.651. The molecule has 0 spiro atoms. The molecule has 0 bridgehead atoms. The number of hydrogen-bond acceptors (Lipinski definition) is 12. The van der Waals surface area contributed by atoms with E-state index >= 15 is 0 Å². The minimum atomic E-state index is -3.09. The summed E-state index contributed by atoms with van der Waals surface area (Å²) in [5.41, 5.74) is -2.44. The third kappa shape index (κ3) is 9.28. The number of likely N-dealkylation sites (tertiary alicyclic amines) is 1. The molecule has 12 nitrogen and oxygen atoms in total. The summed E-state index contributed by atoms with van der Waals surface area (Å²) in [4.78, 5) is 34.2. The van der Waals surface area contributed by atoms with E-state index in [9.17, 15) is 23.1 Å². The van der Waals surface area contributed by atoms with Crippen molar-refractivity contribution in [2.24, 2.45) is 17.3 Å². The van der Waals surface area contributed by atoms with Crippen molar-refractivity contribution >= 4 is 21.6 Å². The Labute approximate surface area is 277 Å². The van der Waals surface area contributed by atoms with Crippen LogP contribution in [0.2, 0.25) is 0 Å². The van der Waals surface area contributed by atoms with Gasteiger partial charge in [-0.1, -0.05) is 13.8 Å². The number of aliphatic hydroxyl groups is 1. The Morgan fingerprint density at radius 2 is 1.70 bits per heavy atom. The van der Waals surface area contributed by atoms with Crippen LogP contribution < -0.4 is 0 Å². The average molecular weight is 676 g/mol. The fourth-order valence-electron chi connectivity index (χ4n) is 7.60. The normalized spacial score (nSPS) is 38.5. The zero-order valence-corrected chi connectivity index (χ0v) is 30.8. The van der Waals surface area contributed by atoms with E-state index in [0.717, 1.165) is 0 Å². The van der Waals surface area contributed by atoms with E-state index in [-0.39, 0.29) is 41.7 Å². The van der Waals surface area contributed by atoms with Gasteiger partial charge < -0.3 is 33.9 Å². The minimum Gasteiger partial charge on any atom is -0.463 e. The van der Waals surface area contributed by atoms with Gasteiger partial charge in [-0.3, -0.25) is 14.5 Å². The highest BCUT2D eigenvalue weighted by Gasteiger charge is 2.51. The summed E-state index contributed by atoms with van der Waals surface area (Å²) in [7, 11) is 4.34. The quantitative estimate of drug-likeness (QED) is 0.312. The molecule has 0 saturated carbocycles. The zero-order valence-electron chi connectivity index (χ0n) is 30.0. The highest BCUT2D eigenvalue weighted by atomic mass is 32.2. The van der Waals surface area contributed by atoms with Crippen molar-refractivity contribution < 1.29 is 42.1 Å².